The number of hydrogen-bond acceptors (Lipinski definition) is 6. The maximum Gasteiger partial charge on any atom is 0.573 e. The fraction of sp³-hybridized carbons (Fsp3) is 0.250. The van der Waals surface area contributed by atoms with Crippen molar-refractivity contribution >= 4 is 27.2 Å². The highest BCUT2D eigenvalue weighted by Gasteiger charge is 2.38. The Hall–Kier alpha value is -3.99. The fourth-order valence-corrected chi connectivity index (χ4v) is 5.35. The molecule has 0 atom stereocenters. The van der Waals surface area contributed by atoms with Crippen molar-refractivity contribution in [3.05, 3.63) is 71.4 Å². The Morgan fingerprint density at radius 1 is 1.00 bits per heavy atom. The summed E-state index contributed by atoms with van der Waals surface area (Å²) in [6.07, 6.45) is -9.75. The van der Waals surface area contributed by atoms with Gasteiger partial charge in [0, 0.05) is 5.56 Å². The lowest BCUT2D eigenvalue weighted by molar-refractivity contribution is -0.274. The van der Waals surface area contributed by atoms with Gasteiger partial charge in [-0.1, -0.05) is 18.2 Å². The van der Waals surface area contributed by atoms with Gasteiger partial charge >= 0.3 is 12.5 Å². The van der Waals surface area contributed by atoms with Crippen molar-refractivity contribution in [2.24, 2.45) is 0 Å². The number of nitriles is 1. The van der Waals surface area contributed by atoms with Crippen molar-refractivity contribution < 1.29 is 39.5 Å². The Labute approximate surface area is 213 Å². The molecule has 1 N–H and O–H groups in total. The Kier molecular flexibility index (Phi) is 6.47. The predicted octanol–water partition coefficient (Wildman–Crippen LogP) is 6.25. The number of hydrogen-bond donors (Lipinski definition) is 1. The monoisotopic (exact) mass is 556 g/mol. The number of aromatic nitrogens is 1. The minimum Gasteiger partial charge on any atom is -0.406 e. The van der Waals surface area contributed by atoms with Crippen LogP contribution in [0.4, 0.5) is 43.5 Å². The molecule has 38 heavy (non-hydrogen) atoms. The Bertz CT molecular complexity index is 1530. The van der Waals surface area contributed by atoms with Crippen molar-refractivity contribution in [1.29, 1.82) is 5.26 Å². The van der Waals surface area contributed by atoms with Gasteiger partial charge in [0.15, 0.2) is 0 Å². The van der Waals surface area contributed by atoms with E-state index in [0.29, 0.717) is 6.07 Å². The number of sulfonamides is 1. The first-order valence-corrected chi connectivity index (χ1v) is 12.2. The quantitative estimate of drug-likeness (QED) is 0.382. The van der Waals surface area contributed by atoms with Crippen LogP contribution in [0.5, 0.6) is 5.75 Å². The molecular weight excluding hydrogens is 538 g/mol. The van der Waals surface area contributed by atoms with E-state index in [2.05, 4.69) is 21.1 Å². The molecule has 1 aliphatic rings. The highest BCUT2D eigenvalue weighted by Crippen LogP contribution is 2.45. The molecule has 3 aromatic rings. The second-order valence-corrected chi connectivity index (χ2v) is 10.7. The molecule has 200 valence electrons. The van der Waals surface area contributed by atoms with Gasteiger partial charge in [-0.3, -0.25) is 4.31 Å². The zero-order valence-electron chi connectivity index (χ0n) is 19.6. The van der Waals surface area contributed by atoms with E-state index in [1.165, 1.54) is 32.0 Å². The van der Waals surface area contributed by atoms with Gasteiger partial charge in [-0.15, -0.1) is 13.2 Å². The molecule has 0 aliphatic carbocycles. The number of benzene rings is 2. The Morgan fingerprint density at radius 2 is 1.66 bits per heavy atom. The molecule has 7 nitrogen and oxygen atoms in total. The molecule has 0 bridgehead atoms. The maximum absolute atomic E-state index is 13.9. The Morgan fingerprint density at radius 3 is 2.24 bits per heavy atom. The van der Waals surface area contributed by atoms with Crippen LogP contribution >= 0.6 is 0 Å². The topological polar surface area (TPSA) is 95.3 Å². The van der Waals surface area contributed by atoms with Crippen LogP contribution in [0.15, 0.2) is 59.5 Å². The van der Waals surface area contributed by atoms with Crippen LogP contribution in [0.3, 0.4) is 0 Å². The van der Waals surface area contributed by atoms with E-state index in [0.717, 1.165) is 34.6 Å². The standard InChI is InChI=1S/C24H18F6N4O3S/c1-22(2,13-31)17-4-3-5-18-20(17)34(12-14-6-11-19(23(25,26)27)33-21(14)32-18)38(35,36)16-9-7-15(8-10-16)37-24(28,29)30/h3-11H,12H2,1-2H3,(H,32,33). The normalized spacial score (nSPS) is 14.0. The summed E-state index contributed by atoms with van der Waals surface area (Å²) in [5.41, 5.74) is -2.05. The highest BCUT2D eigenvalue weighted by molar-refractivity contribution is 7.92. The molecule has 0 saturated heterocycles. The van der Waals surface area contributed by atoms with Crippen LogP contribution in [0.2, 0.25) is 0 Å². The van der Waals surface area contributed by atoms with Gasteiger partial charge in [-0.25, -0.2) is 13.4 Å². The molecule has 0 unspecified atom stereocenters. The summed E-state index contributed by atoms with van der Waals surface area (Å²) in [5, 5.41) is 12.5. The third-order valence-corrected chi connectivity index (χ3v) is 7.48. The van der Waals surface area contributed by atoms with E-state index in [9.17, 15) is 40.0 Å². The molecular formula is C24H18F6N4O3S. The summed E-state index contributed by atoms with van der Waals surface area (Å²) in [6.45, 7) is 2.59. The minimum absolute atomic E-state index is 0.0128. The molecule has 1 aromatic heterocycles. The first kappa shape index (κ1) is 27.1. The molecule has 0 spiro atoms. The largest absolute Gasteiger partial charge is 0.573 e. The van der Waals surface area contributed by atoms with Crippen LogP contribution < -0.4 is 14.4 Å². The summed E-state index contributed by atoms with van der Waals surface area (Å²) in [4.78, 5) is 3.23. The van der Waals surface area contributed by atoms with Crippen LogP contribution in [0.1, 0.15) is 30.7 Å². The molecule has 0 fully saturated rings. The second-order valence-electron chi connectivity index (χ2n) is 8.80. The van der Waals surface area contributed by atoms with Gasteiger partial charge in [-0.05, 0) is 55.8 Å². The van der Waals surface area contributed by atoms with Gasteiger partial charge < -0.3 is 10.1 Å². The van der Waals surface area contributed by atoms with Gasteiger partial charge in [0.05, 0.1) is 34.3 Å². The van der Waals surface area contributed by atoms with Crippen LogP contribution in [-0.4, -0.2) is 19.8 Å². The van der Waals surface area contributed by atoms with Crippen molar-refractivity contribution in [2.75, 3.05) is 9.62 Å². The number of ether oxygens (including phenoxy) is 1. The smallest absolute Gasteiger partial charge is 0.406 e. The molecule has 0 amide bonds. The fourth-order valence-electron chi connectivity index (χ4n) is 3.87. The summed E-state index contributed by atoms with van der Waals surface area (Å²) < 4.78 is 110. The SMILES string of the molecule is CC(C)(C#N)c1cccc2c1N(S(=O)(=O)c1ccc(OC(F)(F)F)cc1)Cc1ccc(C(F)(F)F)nc1N2. The molecule has 2 heterocycles. The zero-order chi connectivity index (χ0) is 28.1. The summed E-state index contributed by atoms with van der Waals surface area (Å²) in [5.74, 6) is -0.880. The van der Waals surface area contributed by atoms with E-state index in [-0.39, 0.29) is 28.3 Å². The molecule has 4 rings (SSSR count). The second kappa shape index (κ2) is 9.09. The van der Waals surface area contributed by atoms with Crippen LogP contribution in [0, 0.1) is 11.3 Å². The summed E-state index contributed by atoms with van der Waals surface area (Å²) in [7, 11) is -4.53. The summed E-state index contributed by atoms with van der Waals surface area (Å²) in [6, 6.07) is 11.8. The number of halogens is 6. The maximum atomic E-state index is 13.9. The first-order valence-electron chi connectivity index (χ1n) is 10.8. The average molecular weight is 556 g/mol. The van der Waals surface area contributed by atoms with Crippen molar-refractivity contribution in [2.45, 2.75) is 43.2 Å². The molecule has 14 heteroatoms. The van der Waals surface area contributed by atoms with Crippen molar-refractivity contribution in [1.82, 2.24) is 4.98 Å². The third-order valence-electron chi connectivity index (χ3n) is 5.72. The van der Waals surface area contributed by atoms with Gasteiger partial charge in [0.1, 0.15) is 17.3 Å². The van der Waals surface area contributed by atoms with Crippen LogP contribution in [0.25, 0.3) is 0 Å². The lowest BCUT2D eigenvalue weighted by Gasteiger charge is -2.30. The number of nitrogens with zero attached hydrogens (tertiary/aromatic N) is 3. The van der Waals surface area contributed by atoms with E-state index in [4.69, 9.17) is 0 Å². The number of nitrogens with one attached hydrogen (secondary N) is 1. The van der Waals surface area contributed by atoms with Gasteiger partial charge in [-0.2, -0.15) is 18.4 Å². The number of rotatable bonds is 4. The molecule has 1 aliphatic heterocycles. The van der Waals surface area contributed by atoms with Crippen molar-refractivity contribution in [3.8, 4) is 11.8 Å². The first-order chi connectivity index (χ1) is 17.5. The predicted molar refractivity (Wildman–Crippen MR) is 124 cm³/mol. The minimum atomic E-state index is -4.99. The molecule has 0 saturated carbocycles. The average Bonchev–Trinajstić information content (AvgIpc) is 2.99. The van der Waals surface area contributed by atoms with Crippen LogP contribution in [-0.2, 0) is 28.2 Å². The lowest BCUT2D eigenvalue weighted by Crippen LogP contribution is -2.33. The Balaban J connectivity index is 1.91. The summed E-state index contributed by atoms with van der Waals surface area (Å²) >= 11 is 0. The van der Waals surface area contributed by atoms with E-state index in [1.54, 1.807) is 0 Å². The number of para-hydroxylation sites is 1. The number of anilines is 3. The van der Waals surface area contributed by atoms with Crippen molar-refractivity contribution in [3.63, 3.8) is 0 Å². The third kappa shape index (κ3) is 5.19. The molecule has 0 radical (unpaired) electrons. The highest BCUT2D eigenvalue weighted by atomic mass is 32.2. The van der Waals surface area contributed by atoms with E-state index < -0.39 is 50.9 Å². The number of fused-ring (bicyclic) bond motifs is 2. The number of alkyl halides is 6. The zero-order valence-corrected chi connectivity index (χ0v) is 20.5. The van der Waals surface area contributed by atoms with Gasteiger partial charge in [0.2, 0.25) is 0 Å². The van der Waals surface area contributed by atoms with Gasteiger partial charge in [0.25, 0.3) is 10.0 Å². The van der Waals surface area contributed by atoms with E-state index >= 15 is 0 Å². The van der Waals surface area contributed by atoms with E-state index in [1.807, 2.05) is 0 Å². The molecule has 2 aromatic carbocycles. The lowest BCUT2D eigenvalue weighted by atomic mass is 9.84. The number of pyridine rings is 1.